The highest BCUT2D eigenvalue weighted by Gasteiger charge is 2.40. The summed E-state index contributed by atoms with van der Waals surface area (Å²) in [6, 6.07) is 6.52. The molecule has 1 aromatic carbocycles. The predicted octanol–water partition coefficient (Wildman–Crippen LogP) is 1.15. The summed E-state index contributed by atoms with van der Waals surface area (Å²) in [7, 11) is 5.20. The van der Waals surface area contributed by atoms with Crippen molar-refractivity contribution >= 4 is 11.2 Å². The molecule has 2 aliphatic rings. The van der Waals surface area contributed by atoms with E-state index in [0.717, 1.165) is 25.1 Å². The third-order valence-corrected chi connectivity index (χ3v) is 6.95. The molecule has 30 heavy (non-hydrogen) atoms. The summed E-state index contributed by atoms with van der Waals surface area (Å²) in [5, 5.41) is 3.66. The minimum absolute atomic E-state index is 0.220. The summed E-state index contributed by atoms with van der Waals surface area (Å²) in [6.45, 7) is 1.34. The fourth-order valence-electron chi connectivity index (χ4n) is 5.52. The maximum atomic E-state index is 12.9. The molecular weight excluding hydrogens is 382 g/mol. The quantitative estimate of drug-likeness (QED) is 0.699. The van der Waals surface area contributed by atoms with Crippen molar-refractivity contribution in [3.8, 4) is 5.75 Å². The second kappa shape index (κ2) is 7.12. The van der Waals surface area contributed by atoms with Crippen LogP contribution in [0.4, 0.5) is 0 Å². The van der Waals surface area contributed by atoms with Gasteiger partial charge in [0.25, 0.3) is 5.56 Å². The van der Waals surface area contributed by atoms with E-state index in [-0.39, 0.29) is 17.3 Å². The van der Waals surface area contributed by atoms with Gasteiger partial charge in [-0.15, -0.1) is 0 Å². The lowest BCUT2D eigenvalue weighted by Crippen LogP contribution is -2.41. The van der Waals surface area contributed by atoms with E-state index >= 15 is 0 Å². The van der Waals surface area contributed by atoms with Gasteiger partial charge in [-0.2, -0.15) is 0 Å². The molecular formula is C22H27N5O3. The molecule has 8 nitrogen and oxygen atoms in total. The minimum Gasteiger partial charge on any atom is -0.496 e. The van der Waals surface area contributed by atoms with Crippen LogP contribution in [0.5, 0.6) is 5.75 Å². The van der Waals surface area contributed by atoms with E-state index in [2.05, 4.69) is 22.4 Å². The molecule has 1 saturated heterocycles. The predicted molar refractivity (Wildman–Crippen MR) is 114 cm³/mol. The van der Waals surface area contributed by atoms with Gasteiger partial charge >= 0.3 is 5.69 Å². The van der Waals surface area contributed by atoms with Gasteiger partial charge < -0.3 is 14.6 Å². The second-order valence-electron chi connectivity index (χ2n) is 8.48. The average Bonchev–Trinajstić information content (AvgIpc) is 3.35. The molecule has 1 aliphatic heterocycles. The van der Waals surface area contributed by atoms with Crippen LogP contribution in [0.15, 0.2) is 34.1 Å². The normalized spacial score (nSPS) is 22.8. The molecule has 1 fully saturated rings. The molecule has 0 amide bonds. The molecule has 2 aromatic heterocycles. The number of hydrogen-bond acceptors (Lipinski definition) is 5. The lowest BCUT2D eigenvalue weighted by Gasteiger charge is -2.32. The Balaban J connectivity index is 1.47. The first-order valence-corrected chi connectivity index (χ1v) is 10.5. The van der Waals surface area contributed by atoms with Gasteiger partial charge in [-0.05, 0) is 48.9 Å². The molecule has 0 radical (unpaired) electrons. The summed E-state index contributed by atoms with van der Waals surface area (Å²) < 4.78 is 10.1. The van der Waals surface area contributed by atoms with Crippen molar-refractivity contribution in [2.24, 2.45) is 20.0 Å². The maximum Gasteiger partial charge on any atom is 0.332 e. The van der Waals surface area contributed by atoms with E-state index in [1.807, 2.05) is 6.07 Å². The van der Waals surface area contributed by atoms with Gasteiger partial charge in [0.1, 0.15) is 11.4 Å². The minimum atomic E-state index is -0.311. The molecule has 0 saturated carbocycles. The summed E-state index contributed by atoms with van der Waals surface area (Å²) in [4.78, 5) is 30.0. The molecule has 0 bridgehead atoms. The molecule has 0 spiro atoms. The number of benzene rings is 1. The largest absolute Gasteiger partial charge is 0.496 e. The van der Waals surface area contributed by atoms with Crippen LogP contribution in [0, 0.1) is 5.92 Å². The van der Waals surface area contributed by atoms with Crippen molar-refractivity contribution in [3.05, 3.63) is 56.5 Å². The summed E-state index contributed by atoms with van der Waals surface area (Å²) >= 11 is 0. The van der Waals surface area contributed by atoms with Crippen LogP contribution in [0.25, 0.3) is 11.2 Å². The molecule has 1 aliphatic carbocycles. The van der Waals surface area contributed by atoms with E-state index in [1.165, 1.54) is 20.3 Å². The maximum absolute atomic E-state index is 12.9. The lowest BCUT2D eigenvalue weighted by atomic mass is 9.73. The van der Waals surface area contributed by atoms with Gasteiger partial charge in [0.2, 0.25) is 0 Å². The Morgan fingerprint density at radius 3 is 2.90 bits per heavy atom. The summed E-state index contributed by atoms with van der Waals surface area (Å²) in [6.07, 6.45) is 4.45. The highest BCUT2D eigenvalue weighted by molar-refractivity contribution is 5.69. The number of imidazole rings is 1. The second-order valence-corrected chi connectivity index (χ2v) is 8.48. The van der Waals surface area contributed by atoms with E-state index in [4.69, 9.17) is 4.74 Å². The first-order valence-electron chi connectivity index (χ1n) is 10.5. The zero-order valence-corrected chi connectivity index (χ0v) is 17.6. The first-order chi connectivity index (χ1) is 14.5. The summed E-state index contributed by atoms with van der Waals surface area (Å²) in [5.41, 5.74) is 2.93. The van der Waals surface area contributed by atoms with Gasteiger partial charge in [-0.25, -0.2) is 9.78 Å². The third kappa shape index (κ3) is 2.74. The Labute approximate surface area is 174 Å². The van der Waals surface area contributed by atoms with E-state index in [0.29, 0.717) is 36.0 Å². The van der Waals surface area contributed by atoms with Gasteiger partial charge in [-0.1, -0.05) is 12.1 Å². The van der Waals surface area contributed by atoms with Gasteiger partial charge in [-0.3, -0.25) is 13.9 Å². The third-order valence-electron chi connectivity index (χ3n) is 6.95. The number of rotatable bonds is 4. The van der Waals surface area contributed by atoms with Crippen molar-refractivity contribution in [2.45, 2.75) is 37.8 Å². The number of nitrogens with zero attached hydrogens (tertiary/aromatic N) is 4. The number of aromatic nitrogens is 4. The van der Waals surface area contributed by atoms with Gasteiger partial charge in [0.05, 0.1) is 13.4 Å². The Morgan fingerprint density at radius 1 is 1.27 bits per heavy atom. The first kappa shape index (κ1) is 19.1. The van der Waals surface area contributed by atoms with Crippen LogP contribution in [-0.2, 0) is 27.1 Å². The van der Waals surface area contributed by atoms with E-state index in [9.17, 15) is 9.59 Å². The molecule has 3 aromatic rings. The highest BCUT2D eigenvalue weighted by atomic mass is 16.5. The van der Waals surface area contributed by atoms with Crippen molar-refractivity contribution in [2.75, 3.05) is 13.7 Å². The molecule has 8 heteroatoms. The van der Waals surface area contributed by atoms with Crippen molar-refractivity contribution in [1.82, 2.24) is 24.0 Å². The number of fused-ring (bicyclic) bond motifs is 4. The van der Waals surface area contributed by atoms with Crippen LogP contribution in [0.2, 0.25) is 0 Å². The number of nitrogens with one attached hydrogen (secondary N) is 1. The van der Waals surface area contributed by atoms with Crippen LogP contribution in [0.1, 0.15) is 29.9 Å². The van der Waals surface area contributed by atoms with Crippen molar-refractivity contribution in [3.63, 3.8) is 0 Å². The number of hydrogen-bond donors (Lipinski definition) is 1. The Kier molecular flexibility index (Phi) is 4.54. The van der Waals surface area contributed by atoms with Crippen LogP contribution in [-0.4, -0.2) is 38.4 Å². The molecule has 3 unspecified atom stereocenters. The molecule has 1 N–H and O–H groups in total. The summed E-state index contributed by atoms with van der Waals surface area (Å²) in [5.74, 6) is 1.91. The fraction of sp³-hybridized carbons (Fsp3) is 0.500. The topological polar surface area (TPSA) is 83.1 Å². The van der Waals surface area contributed by atoms with Crippen LogP contribution in [0.3, 0.4) is 0 Å². The Bertz CT molecular complexity index is 1240. The Hall–Kier alpha value is -2.87. The van der Waals surface area contributed by atoms with Crippen LogP contribution >= 0.6 is 0 Å². The average molecular weight is 409 g/mol. The van der Waals surface area contributed by atoms with Gasteiger partial charge in [0, 0.05) is 32.6 Å². The molecule has 3 heterocycles. The smallest absolute Gasteiger partial charge is 0.332 e. The zero-order chi connectivity index (χ0) is 21.0. The monoisotopic (exact) mass is 409 g/mol. The number of ether oxygens (including phenoxy) is 1. The molecule has 3 atom stereocenters. The molecule has 5 rings (SSSR count). The fourth-order valence-corrected chi connectivity index (χ4v) is 5.52. The van der Waals surface area contributed by atoms with E-state index < -0.39 is 0 Å². The number of methoxy groups -OCH3 is 1. The van der Waals surface area contributed by atoms with Crippen molar-refractivity contribution in [1.29, 1.82) is 0 Å². The molecule has 158 valence electrons. The van der Waals surface area contributed by atoms with E-state index in [1.54, 1.807) is 32.1 Å². The Morgan fingerprint density at radius 2 is 2.10 bits per heavy atom. The SMILES string of the molecule is COc1cccc2c1CCC1CNC(CCn3c(=O)c4ncn(C)c4n(C)c3=O)C21. The standard InChI is InChI=1S/C22H27N5O3/c1-25-12-24-19-20(25)26(2)22(29)27(21(19)28)10-9-16-18-13(11-23-16)7-8-14-15(18)5-4-6-17(14)30-3/h4-6,12-13,16,18,23H,7-11H2,1-3H3. The van der Waals surface area contributed by atoms with Gasteiger partial charge in [0.15, 0.2) is 5.52 Å². The number of aryl methyl sites for hydroxylation is 2. The zero-order valence-electron chi connectivity index (χ0n) is 17.6. The van der Waals surface area contributed by atoms with Crippen molar-refractivity contribution < 1.29 is 4.74 Å². The highest BCUT2D eigenvalue weighted by Crippen LogP contribution is 2.45. The van der Waals surface area contributed by atoms with Crippen LogP contribution < -0.4 is 21.3 Å². The lowest BCUT2D eigenvalue weighted by molar-refractivity contribution is 0.370.